The summed E-state index contributed by atoms with van der Waals surface area (Å²) in [7, 11) is 0. The zero-order valence-corrected chi connectivity index (χ0v) is 13.9. The molecule has 1 aromatic heterocycles. The van der Waals surface area contributed by atoms with Crippen molar-refractivity contribution >= 4 is 17.0 Å². The standard InChI is InChI=1S/C19H20N2O3/c1-3-24-18(22)12-13-20-16-6-4-5-7-17(16)21(19(20)23)15-10-8-14(2)9-11-15/h4-11H,3,12-13H2,1-2H3. The third-order valence-corrected chi connectivity index (χ3v) is 3.97. The van der Waals surface area contributed by atoms with E-state index >= 15 is 0 Å². The highest BCUT2D eigenvalue weighted by molar-refractivity contribution is 5.78. The van der Waals surface area contributed by atoms with E-state index in [1.165, 1.54) is 0 Å². The minimum absolute atomic E-state index is 0.149. The largest absolute Gasteiger partial charge is 0.466 e. The number of nitrogens with zero attached hydrogens (tertiary/aromatic N) is 2. The van der Waals surface area contributed by atoms with Gasteiger partial charge in [0.15, 0.2) is 0 Å². The van der Waals surface area contributed by atoms with E-state index in [4.69, 9.17) is 4.74 Å². The van der Waals surface area contributed by atoms with Gasteiger partial charge in [-0.2, -0.15) is 0 Å². The van der Waals surface area contributed by atoms with Gasteiger partial charge in [0.1, 0.15) is 0 Å². The molecule has 3 aromatic rings. The summed E-state index contributed by atoms with van der Waals surface area (Å²) in [6.45, 7) is 4.43. The third kappa shape index (κ3) is 2.97. The summed E-state index contributed by atoms with van der Waals surface area (Å²) >= 11 is 0. The lowest BCUT2D eigenvalue weighted by Gasteiger charge is -2.04. The lowest BCUT2D eigenvalue weighted by atomic mass is 10.2. The maximum atomic E-state index is 12.9. The Labute approximate surface area is 140 Å². The van der Waals surface area contributed by atoms with Crippen LogP contribution in [0.2, 0.25) is 0 Å². The molecule has 24 heavy (non-hydrogen) atoms. The van der Waals surface area contributed by atoms with Gasteiger partial charge in [0.2, 0.25) is 0 Å². The van der Waals surface area contributed by atoms with Crippen molar-refractivity contribution in [2.24, 2.45) is 0 Å². The Balaban J connectivity index is 2.07. The molecule has 0 radical (unpaired) electrons. The van der Waals surface area contributed by atoms with Crippen LogP contribution < -0.4 is 5.69 Å². The number of imidazole rings is 1. The average Bonchev–Trinajstić information content (AvgIpc) is 2.86. The van der Waals surface area contributed by atoms with Gasteiger partial charge in [0.05, 0.1) is 29.7 Å². The fourth-order valence-electron chi connectivity index (χ4n) is 2.80. The second-order valence-corrected chi connectivity index (χ2v) is 5.65. The molecule has 2 aromatic carbocycles. The Morgan fingerprint density at radius 3 is 2.38 bits per heavy atom. The van der Waals surface area contributed by atoms with E-state index < -0.39 is 0 Å². The molecule has 0 aliphatic heterocycles. The fraction of sp³-hybridized carbons (Fsp3) is 0.263. The van der Waals surface area contributed by atoms with Crippen LogP contribution in [0.5, 0.6) is 0 Å². The van der Waals surface area contributed by atoms with Crippen LogP contribution in [0, 0.1) is 6.92 Å². The van der Waals surface area contributed by atoms with Gasteiger partial charge in [-0.1, -0.05) is 29.8 Å². The number of aryl methyl sites for hydroxylation is 2. The van der Waals surface area contributed by atoms with E-state index in [1.54, 1.807) is 16.1 Å². The Hall–Kier alpha value is -2.82. The number of aromatic nitrogens is 2. The number of hydrogen-bond acceptors (Lipinski definition) is 3. The van der Waals surface area contributed by atoms with Crippen LogP contribution in [0.3, 0.4) is 0 Å². The van der Waals surface area contributed by atoms with E-state index in [2.05, 4.69) is 0 Å². The lowest BCUT2D eigenvalue weighted by Crippen LogP contribution is -2.24. The normalized spacial score (nSPS) is 10.9. The molecule has 0 atom stereocenters. The molecule has 3 rings (SSSR count). The highest BCUT2D eigenvalue weighted by Gasteiger charge is 2.15. The summed E-state index contributed by atoms with van der Waals surface area (Å²) in [6.07, 6.45) is 0.176. The van der Waals surface area contributed by atoms with Gasteiger partial charge in [-0.05, 0) is 38.1 Å². The van der Waals surface area contributed by atoms with E-state index in [1.807, 2.05) is 55.5 Å². The van der Waals surface area contributed by atoms with Crippen LogP contribution in [-0.4, -0.2) is 21.7 Å². The van der Waals surface area contributed by atoms with Gasteiger partial charge in [0.25, 0.3) is 0 Å². The second-order valence-electron chi connectivity index (χ2n) is 5.65. The van der Waals surface area contributed by atoms with E-state index in [9.17, 15) is 9.59 Å². The molecule has 0 N–H and O–H groups in total. The first-order valence-corrected chi connectivity index (χ1v) is 8.04. The van der Waals surface area contributed by atoms with Gasteiger partial charge in [-0.3, -0.25) is 13.9 Å². The number of carbonyl (C=O) groups is 1. The number of ether oxygens (including phenoxy) is 1. The van der Waals surface area contributed by atoms with Crippen molar-refractivity contribution in [2.45, 2.75) is 26.8 Å². The first-order valence-electron chi connectivity index (χ1n) is 8.04. The Morgan fingerprint density at radius 1 is 1.04 bits per heavy atom. The number of fused-ring (bicyclic) bond motifs is 1. The minimum atomic E-state index is -0.295. The third-order valence-electron chi connectivity index (χ3n) is 3.97. The van der Waals surface area contributed by atoms with Gasteiger partial charge in [-0.15, -0.1) is 0 Å². The molecule has 5 nitrogen and oxygen atoms in total. The molecule has 0 amide bonds. The van der Waals surface area contributed by atoms with Crippen LogP contribution in [0.4, 0.5) is 0 Å². The SMILES string of the molecule is CCOC(=O)CCn1c(=O)n(-c2ccc(C)cc2)c2ccccc21. The first kappa shape index (κ1) is 16.1. The second kappa shape index (κ2) is 6.74. The van der Waals surface area contributed by atoms with Crippen LogP contribution in [0.1, 0.15) is 18.9 Å². The Kier molecular flexibility index (Phi) is 4.51. The van der Waals surface area contributed by atoms with Crippen LogP contribution >= 0.6 is 0 Å². The van der Waals surface area contributed by atoms with Crippen molar-refractivity contribution in [3.8, 4) is 5.69 Å². The summed E-state index contributed by atoms with van der Waals surface area (Å²) in [5.74, 6) is -0.295. The van der Waals surface area contributed by atoms with Crippen molar-refractivity contribution in [1.29, 1.82) is 0 Å². The predicted molar refractivity (Wildman–Crippen MR) is 93.5 cm³/mol. The molecule has 0 bridgehead atoms. The molecule has 0 aliphatic carbocycles. The van der Waals surface area contributed by atoms with Crippen LogP contribution in [0.15, 0.2) is 53.3 Å². The molecule has 5 heteroatoms. The average molecular weight is 324 g/mol. The van der Waals surface area contributed by atoms with Gasteiger partial charge >= 0.3 is 11.7 Å². The summed E-state index contributed by atoms with van der Waals surface area (Å²) in [4.78, 5) is 24.6. The smallest absolute Gasteiger partial charge is 0.333 e. The maximum Gasteiger partial charge on any atom is 0.333 e. The van der Waals surface area contributed by atoms with Crippen molar-refractivity contribution in [3.05, 3.63) is 64.6 Å². The van der Waals surface area contributed by atoms with Crippen molar-refractivity contribution in [2.75, 3.05) is 6.61 Å². The summed E-state index contributed by atoms with van der Waals surface area (Å²) in [5.41, 5.74) is 3.45. The zero-order valence-electron chi connectivity index (χ0n) is 13.9. The minimum Gasteiger partial charge on any atom is -0.466 e. The van der Waals surface area contributed by atoms with Crippen molar-refractivity contribution in [1.82, 2.24) is 9.13 Å². The lowest BCUT2D eigenvalue weighted by molar-refractivity contribution is -0.143. The number of hydrogen-bond donors (Lipinski definition) is 0. The highest BCUT2D eigenvalue weighted by Crippen LogP contribution is 2.18. The first-order chi connectivity index (χ1) is 11.6. The number of rotatable bonds is 5. The molecule has 0 aliphatic rings. The van der Waals surface area contributed by atoms with Crippen molar-refractivity contribution in [3.63, 3.8) is 0 Å². The molecular formula is C19H20N2O3. The van der Waals surface area contributed by atoms with E-state index in [0.717, 1.165) is 22.3 Å². The molecule has 0 saturated carbocycles. The summed E-state index contributed by atoms with van der Waals surface area (Å²) in [5, 5.41) is 0. The Bertz CT molecular complexity index is 920. The Morgan fingerprint density at radius 2 is 1.71 bits per heavy atom. The molecule has 0 saturated heterocycles. The molecule has 0 spiro atoms. The molecular weight excluding hydrogens is 304 g/mol. The van der Waals surface area contributed by atoms with E-state index in [-0.39, 0.29) is 18.1 Å². The van der Waals surface area contributed by atoms with Gasteiger partial charge in [-0.25, -0.2) is 4.79 Å². The zero-order chi connectivity index (χ0) is 17.1. The fourth-order valence-corrected chi connectivity index (χ4v) is 2.80. The monoisotopic (exact) mass is 324 g/mol. The number of carbonyl (C=O) groups excluding carboxylic acids is 1. The quantitative estimate of drug-likeness (QED) is 0.678. The van der Waals surface area contributed by atoms with Gasteiger partial charge < -0.3 is 4.74 Å². The topological polar surface area (TPSA) is 53.2 Å². The molecule has 0 fully saturated rings. The molecule has 124 valence electrons. The number of para-hydroxylation sites is 2. The van der Waals surface area contributed by atoms with Crippen LogP contribution in [-0.2, 0) is 16.1 Å². The number of esters is 1. The van der Waals surface area contributed by atoms with Crippen molar-refractivity contribution < 1.29 is 9.53 Å². The van der Waals surface area contributed by atoms with E-state index in [0.29, 0.717) is 13.2 Å². The maximum absolute atomic E-state index is 12.9. The summed E-state index contributed by atoms with van der Waals surface area (Å²) in [6, 6.07) is 15.4. The summed E-state index contributed by atoms with van der Waals surface area (Å²) < 4.78 is 8.27. The highest BCUT2D eigenvalue weighted by atomic mass is 16.5. The molecule has 0 unspecified atom stereocenters. The number of benzene rings is 2. The van der Waals surface area contributed by atoms with Crippen LogP contribution in [0.25, 0.3) is 16.7 Å². The molecule has 1 heterocycles. The predicted octanol–water partition coefficient (Wildman–Crippen LogP) is 3.05. The van der Waals surface area contributed by atoms with Gasteiger partial charge in [0, 0.05) is 6.54 Å².